The first kappa shape index (κ1) is 18.6. The van der Waals surface area contributed by atoms with Gasteiger partial charge in [-0.3, -0.25) is 9.59 Å². The summed E-state index contributed by atoms with van der Waals surface area (Å²) in [5.41, 5.74) is 1.71. The number of carbonyl (C=O) groups is 2. The van der Waals surface area contributed by atoms with Crippen LogP contribution in [0.4, 0.5) is 20.2 Å². The lowest BCUT2D eigenvalue weighted by Crippen LogP contribution is -2.27. The number of hydrogen-bond acceptors (Lipinski definition) is 3. The lowest BCUT2D eigenvalue weighted by molar-refractivity contribution is -0.116. The molecule has 4 nitrogen and oxygen atoms in total. The first-order valence-corrected chi connectivity index (χ1v) is 8.01. The van der Waals surface area contributed by atoms with Gasteiger partial charge in [-0.25, -0.2) is 8.78 Å². The van der Waals surface area contributed by atoms with Gasteiger partial charge in [-0.2, -0.15) is 0 Å². The minimum absolute atomic E-state index is 0.0389. The summed E-state index contributed by atoms with van der Waals surface area (Å²) in [5.74, 6) is -2.04. The first-order chi connectivity index (χ1) is 11.9. The smallest absolute Gasteiger partial charge is 0.226 e. The van der Waals surface area contributed by atoms with Crippen LogP contribution < -0.4 is 10.2 Å². The van der Waals surface area contributed by atoms with Crippen molar-refractivity contribution in [2.75, 3.05) is 23.3 Å². The molecule has 0 aliphatic rings. The Hall–Kier alpha value is -2.76. The molecule has 0 bridgehead atoms. The van der Waals surface area contributed by atoms with Gasteiger partial charge in [0.15, 0.2) is 17.4 Å². The number of Topliss-reactive ketones (excluding diaryl/α,β-unsaturated/α-hetero) is 1. The average molecular weight is 346 g/mol. The molecule has 2 aromatic rings. The van der Waals surface area contributed by atoms with Crippen molar-refractivity contribution < 1.29 is 18.4 Å². The molecule has 0 spiro atoms. The largest absolute Gasteiger partial charge is 0.371 e. The molecule has 0 fully saturated rings. The predicted octanol–water partition coefficient (Wildman–Crippen LogP) is 4.02. The summed E-state index contributed by atoms with van der Waals surface area (Å²) in [6, 6.07) is 10.3. The van der Waals surface area contributed by atoms with Gasteiger partial charge in [-0.1, -0.05) is 0 Å². The maximum absolute atomic E-state index is 13.3. The van der Waals surface area contributed by atoms with E-state index < -0.39 is 11.6 Å². The molecule has 0 aromatic heterocycles. The predicted molar refractivity (Wildman–Crippen MR) is 93.9 cm³/mol. The van der Waals surface area contributed by atoms with Crippen LogP contribution >= 0.6 is 0 Å². The standard InChI is InChI=1S/C19H20F2N2O2/c1-3-23(16-8-9-17(20)18(21)12-16)11-10-19(25)22-15-6-4-14(5-7-15)13(2)24/h4-9,12H,3,10-11H2,1-2H3,(H,22,25). The highest BCUT2D eigenvalue weighted by molar-refractivity contribution is 5.95. The van der Waals surface area contributed by atoms with E-state index in [4.69, 9.17) is 0 Å². The number of halogens is 2. The number of rotatable bonds is 7. The van der Waals surface area contributed by atoms with Gasteiger partial charge in [0.1, 0.15) is 0 Å². The molecule has 1 N–H and O–H groups in total. The van der Waals surface area contributed by atoms with Crippen molar-refractivity contribution in [2.24, 2.45) is 0 Å². The van der Waals surface area contributed by atoms with Gasteiger partial charge in [0, 0.05) is 42.5 Å². The van der Waals surface area contributed by atoms with E-state index in [0.717, 1.165) is 12.1 Å². The Labute approximate surface area is 145 Å². The normalized spacial score (nSPS) is 10.4. The zero-order chi connectivity index (χ0) is 18.4. The highest BCUT2D eigenvalue weighted by Gasteiger charge is 2.11. The minimum Gasteiger partial charge on any atom is -0.371 e. The van der Waals surface area contributed by atoms with Gasteiger partial charge in [-0.15, -0.1) is 0 Å². The second-order valence-electron chi connectivity index (χ2n) is 5.61. The van der Waals surface area contributed by atoms with Crippen LogP contribution in [0.25, 0.3) is 0 Å². The lowest BCUT2D eigenvalue weighted by atomic mass is 10.1. The molecule has 6 heteroatoms. The van der Waals surface area contributed by atoms with Gasteiger partial charge < -0.3 is 10.2 Å². The number of nitrogens with zero attached hydrogens (tertiary/aromatic N) is 1. The van der Waals surface area contributed by atoms with Crippen LogP contribution in [0.1, 0.15) is 30.6 Å². The molecular formula is C19H20F2N2O2. The Morgan fingerprint density at radius 1 is 1.04 bits per heavy atom. The van der Waals surface area contributed by atoms with Crippen LogP contribution in [0.3, 0.4) is 0 Å². The molecule has 0 heterocycles. The summed E-state index contributed by atoms with van der Waals surface area (Å²) in [6.45, 7) is 4.29. The molecule has 2 aromatic carbocycles. The van der Waals surface area contributed by atoms with Crippen LogP contribution in [-0.2, 0) is 4.79 Å². The zero-order valence-corrected chi connectivity index (χ0v) is 14.2. The molecule has 0 atom stereocenters. The third-order valence-corrected chi connectivity index (χ3v) is 3.83. The van der Waals surface area contributed by atoms with E-state index >= 15 is 0 Å². The highest BCUT2D eigenvalue weighted by atomic mass is 19.2. The summed E-state index contributed by atoms with van der Waals surface area (Å²) < 4.78 is 26.4. The van der Waals surface area contributed by atoms with Crippen LogP contribution in [0.15, 0.2) is 42.5 Å². The third kappa shape index (κ3) is 5.11. The summed E-state index contributed by atoms with van der Waals surface area (Å²) in [6.07, 6.45) is 0.196. The van der Waals surface area contributed by atoms with Crippen molar-refractivity contribution >= 4 is 23.1 Å². The van der Waals surface area contributed by atoms with Crippen LogP contribution in [-0.4, -0.2) is 24.8 Å². The Morgan fingerprint density at radius 2 is 1.72 bits per heavy atom. The van der Waals surface area contributed by atoms with E-state index in [0.29, 0.717) is 30.0 Å². The number of benzene rings is 2. The molecule has 2 rings (SSSR count). The second-order valence-corrected chi connectivity index (χ2v) is 5.61. The van der Waals surface area contributed by atoms with E-state index in [1.54, 1.807) is 29.2 Å². The SMILES string of the molecule is CCN(CCC(=O)Nc1ccc(C(C)=O)cc1)c1ccc(F)c(F)c1. The number of amides is 1. The Morgan fingerprint density at radius 3 is 2.28 bits per heavy atom. The van der Waals surface area contributed by atoms with Crippen molar-refractivity contribution in [1.29, 1.82) is 0 Å². The number of ketones is 1. The molecule has 0 saturated carbocycles. The van der Waals surface area contributed by atoms with Gasteiger partial charge >= 0.3 is 0 Å². The molecule has 25 heavy (non-hydrogen) atoms. The second kappa shape index (κ2) is 8.37. The fourth-order valence-corrected chi connectivity index (χ4v) is 2.40. The van der Waals surface area contributed by atoms with Gasteiger partial charge in [0.05, 0.1) is 0 Å². The Balaban J connectivity index is 1.93. The molecule has 1 amide bonds. The molecule has 0 unspecified atom stereocenters. The fraction of sp³-hybridized carbons (Fsp3) is 0.263. The zero-order valence-electron chi connectivity index (χ0n) is 14.2. The van der Waals surface area contributed by atoms with E-state index in [1.807, 2.05) is 6.92 Å². The average Bonchev–Trinajstić information content (AvgIpc) is 2.59. The third-order valence-electron chi connectivity index (χ3n) is 3.83. The topological polar surface area (TPSA) is 49.4 Å². The molecular weight excluding hydrogens is 326 g/mol. The summed E-state index contributed by atoms with van der Waals surface area (Å²) in [7, 11) is 0. The van der Waals surface area contributed by atoms with Crippen LogP contribution in [0.2, 0.25) is 0 Å². The molecule has 0 aliphatic heterocycles. The van der Waals surface area contributed by atoms with Crippen molar-refractivity contribution in [3.05, 3.63) is 59.7 Å². The van der Waals surface area contributed by atoms with Crippen LogP contribution in [0.5, 0.6) is 0 Å². The van der Waals surface area contributed by atoms with Crippen molar-refractivity contribution in [3.8, 4) is 0 Å². The van der Waals surface area contributed by atoms with Crippen LogP contribution in [0, 0.1) is 11.6 Å². The van der Waals surface area contributed by atoms with Crippen molar-refractivity contribution in [3.63, 3.8) is 0 Å². The molecule has 0 radical (unpaired) electrons. The van der Waals surface area contributed by atoms with Crippen molar-refractivity contribution in [1.82, 2.24) is 0 Å². The maximum atomic E-state index is 13.3. The quantitative estimate of drug-likeness (QED) is 0.770. The van der Waals surface area contributed by atoms with E-state index in [2.05, 4.69) is 5.32 Å². The summed E-state index contributed by atoms with van der Waals surface area (Å²) in [4.78, 5) is 25.1. The van der Waals surface area contributed by atoms with Crippen molar-refractivity contribution in [2.45, 2.75) is 20.3 Å². The minimum atomic E-state index is -0.911. The first-order valence-electron chi connectivity index (χ1n) is 8.01. The number of hydrogen-bond donors (Lipinski definition) is 1. The summed E-state index contributed by atoms with van der Waals surface area (Å²) in [5, 5.41) is 2.75. The van der Waals surface area contributed by atoms with Gasteiger partial charge in [0.2, 0.25) is 5.91 Å². The summed E-state index contributed by atoms with van der Waals surface area (Å²) >= 11 is 0. The fourth-order valence-electron chi connectivity index (χ4n) is 2.40. The Kier molecular flexibility index (Phi) is 6.22. The van der Waals surface area contributed by atoms with E-state index in [9.17, 15) is 18.4 Å². The maximum Gasteiger partial charge on any atom is 0.226 e. The number of carbonyl (C=O) groups excluding carboxylic acids is 2. The highest BCUT2D eigenvalue weighted by Crippen LogP contribution is 2.18. The van der Waals surface area contributed by atoms with E-state index in [1.165, 1.54) is 13.0 Å². The van der Waals surface area contributed by atoms with E-state index in [-0.39, 0.29) is 18.1 Å². The molecule has 0 saturated heterocycles. The number of anilines is 2. The van der Waals surface area contributed by atoms with Gasteiger partial charge in [0.25, 0.3) is 0 Å². The Bertz CT molecular complexity index is 761. The molecule has 0 aliphatic carbocycles. The lowest BCUT2D eigenvalue weighted by Gasteiger charge is -2.23. The van der Waals surface area contributed by atoms with Gasteiger partial charge in [-0.05, 0) is 50.2 Å². The number of nitrogens with one attached hydrogen (secondary N) is 1. The molecule has 132 valence electrons. The monoisotopic (exact) mass is 346 g/mol.